The maximum absolute atomic E-state index is 11.6. The molecule has 6 heteroatoms. The first-order valence-corrected chi connectivity index (χ1v) is 5.19. The van der Waals surface area contributed by atoms with Gasteiger partial charge >= 0.3 is 0 Å². The predicted molar refractivity (Wildman–Crippen MR) is 59.4 cm³/mol. The van der Waals surface area contributed by atoms with Gasteiger partial charge in [-0.1, -0.05) is 5.16 Å². The molecular weight excluding hydrogens is 230 g/mol. The van der Waals surface area contributed by atoms with Crippen molar-refractivity contribution in [3.8, 4) is 11.5 Å². The van der Waals surface area contributed by atoms with E-state index in [-0.39, 0.29) is 16.7 Å². The quantitative estimate of drug-likeness (QED) is 0.814. The van der Waals surface area contributed by atoms with Crippen molar-refractivity contribution >= 4 is 11.6 Å². The Morgan fingerprint density at radius 2 is 2.31 bits per heavy atom. The van der Waals surface area contributed by atoms with Gasteiger partial charge in [0, 0.05) is 18.0 Å². The Labute approximate surface area is 96.5 Å². The number of halogens is 1. The second kappa shape index (κ2) is 4.09. The van der Waals surface area contributed by atoms with Crippen LogP contribution in [0.5, 0.6) is 0 Å². The largest absolute Gasteiger partial charge is 0.364 e. The van der Waals surface area contributed by atoms with Crippen LogP contribution in [0.4, 0.5) is 0 Å². The van der Waals surface area contributed by atoms with Crippen molar-refractivity contribution in [2.45, 2.75) is 19.2 Å². The van der Waals surface area contributed by atoms with Crippen molar-refractivity contribution in [2.24, 2.45) is 0 Å². The minimum absolute atomic E-state index is 0.159. The zero-order valence-corrected chi connectivity index (χ0v) is 9.58. The fourth-order valence-corrected chi connectivity index (χ4v) is 1.33. The number of H-pyrrole nitrogens is 1. The Morgan fingerprint density at radius 3 is 2.88 bits per heavy atom. The number of rotatable bonds is 2. The number of nitrogens with zero attached hydrogens (tertiary/aromatic N) is 2. The maximum atomic E-state index is 11.6. The molecule has 0 amide bonds. The number of hydrogen-bond acceptors (Lipinski definition) is 4. The molecule has 0 aliphatic carbocycles. The number of aryl methyl sites for hydroxylation is 1. The highest BCUT2D eigenvalue weighted by Gasteiger charge is 2.14. The zero-order valence-electron chi connectivity index (χ0n) is 8.82. The van der Waals surface area contributed by atoms with E-state index >= 15 is 0 Å². The van der Waals surface area contributed by atoms with Gasteiger partial charge in [0.1, 0.15) is 5.56 Å². The van der Waals surface area contributed by atoms with E-state index in [1.54, 1.807) is 20.0 Å². The third kappa shape index (κ3) is 1.99. The summed E-state index contributed by atoms with van der Waals surface area (Å²) in [7, 11) is 0. The molecule has 0 bridgehead atoms. The standard InChI is InChI=1S/C10H10ClN3O2/c1-5-3-8(15)7(4-12-5)10-13-9(6(2)11)14-16-10/h3-4,6H,1-2H3,(H,12,15). The summed E-state index contributed by atoms with van der Waals surface area (Å²) in [6.07, 6.45) is 1.55. The van der Waals surface area contributed by atoms with Gasteiger partial charge in [-0.05, 0) is 13.8 Å². The molecule has 0 aromatic carbocycles. The van der Waals surface area contributed by atoms with Gasteiger partial charge in [-0.25, -0.2) is 0 Å². The van der Waals surface area contributed by atoms with E-state index in [1.165, 1.54) is 6.07 Å². The number of nitrogens with one attached hydrogen (secondary N) is 1. The molecule has 2 heterocycles. The highest BCUT2D eigenvalue weighted by Crippen LogP contribution is 2.19. The normalized spacial score (nSPS) is 12.7. The average molecular weight is 240 g/mol. The van der Waals surface area contributed by atoms with Crippen molar-refractivity contribution in [1.29, 1.82) is 0 Å². The smallest absolute Gasteiger partial charge is 0.263 e. The van der Waals surface area contributed by atoms with Gasteiger partial charge in [0.2, 0.25) is 0 Å². The minimum Gasteiger partial charge on any atom is -0.364 e. The molecule has 1 atom stereocenters. The van der Waals surface area contributed by atoms with Crippen LogP contribution in [0.2, 0.25) is 0 Å². The molecule has 1 N–H and O–H groups in total. The summed E-state index contributed by atoms with van der Waals surface area (Å²) in [4.78, 5) is 18.6. The van der Waals surface area contributed by atoms with E-state index in [2.05, 4.69) is 15.1 Å². The van der Waals surface area contributed by atoms with Crippen molar-refractivity contribution in [2.75, 3.05) is 0 Å². The monoisotopic (exact) mass is 239 g/mol. The van der Waals surface area contributed by atoms with E-state index in [1.807, 2.05) is 0 Å². The van der Waals surface area contributed by atoms with Crippen LogP contribution in [-0.4, -0.2) is 15.1 Å². The molecule has 1 unspecified atom stereocenters. The molecule has 0 aliphatic heterocycles. The topological polar surface area (TPSA) is 71.8 Å². The van der Waals surface area contributed by atoms with Crippen LogP contribution < -0.4 is 5.43 Å². The second-order valence-corrected chi connectivity index (χ2v) is 4.12. The molecule has 0 spiro atoms. The molecular formula is C10H10ClN3O2. The lowest BCUT2D eigenvalue weighted by Crippen LogP contribution is -2.05. The summed E-state index contributed by atoms with van der Waals surface area (Å²) in [6.45, 7) is 3.53. The summed E-state index contributed by atoms with van der Waals surface area (Å²) in [5.74, 6) is 0.556. The number of pyridine rings is 1. The average Bonchev–Trinajstić information content (AvgIpc) is 2.66. The molecule has 0 fully saturated rings. The number of alkyl halides is 1. The number of hydrogen-bond donors (Lipinski definition) is 1. The summed E-state index contributed by atoms with van der Waals surface area (Å²) >= 11 is 5.80. The fourth-order valence-electron chi connectivity index (χ4n) is 1.25. The SMILES string of the molecule is Cc1cc(=O)c(-c2nc(C(C)Cl)no2)c[nH]1. The van der Waals surface area contributed by atoms with E-state index in [9.17, 15) is 4.79 Å². The first-order chi connectivity index (χ1) is 7.58. The van der Waals surface area contributed by atoms with Crippen LogP contribution in [0.15, 0.2) is 21.6 Å². The highest BCUT2D eigenvalue weighted by molar-refractivity contribution is 6.20. The Bertz CT molecular complexity index is 559. The summed E-state index contributed by atoms with van der Waals surface area (Å²) in [5.41, 5.74) is 0.967. The van der Waals surface area contributed by atoms with Gasteiger partial charge in [-0.3, -0.25) is 4.79 Å². The highest BCUT2D eigenvalue weighted by atomic mass is 35.5. The van der Waals surface area contributed by atoms with Gasteiger partial charge in [0.25, 0.3) is 5.89 Å². The lowest BCUT2D eigenvalue weighted by Gasteiger charge is -1.94. The second-order valence-electron chi connectivity index (χ2n) is 3.47. The van der Waals surface area contributed by atoms with Crippen molar-refractivity contribution in [3.63, 3.8) is 0 Å². The van der Waals surface area contributed by atoms with E-state index in [0.29, 0.717) is 11.4 Å². The molecule has 5 nitrogen and oxygen atoms in total. The molecule has 16 heavy (non-hydrogen) atoms. The van der Waals surface area contributed by atoms with E-state index < -0.39 is 0 Å². The molecule has 2 rings (SSSR count). The molecule has 0 radical (unpaired) electrons. The van der Waals surface area contributed by atoms with Gasteiger partial charge < -0.3 is 9.51 Å². The van der Waals surface area contributed by atoms with Crippen LogP contribution >= 0.6 is 11.6 Å². The van der Waals surface area contributed by atoms with Crippen molar-refractivity contribution in [1.82, 2.24) is 15.1 Å². The number of aromatic nitrogens is 3. The summed E-state index contributed by atoms with van der Waals surface area (Å²) in [5, 5.41) is 3.34. The first-order valence-electron chi connectivity index (χ1n) is 4.75. The number of aromatic amines is 1. The Hall–Kier alpha value is -1.62. The predicted octanol–water partition coefficient (Wildman–Crippen LogP) is 2.03. The first kappa shape index (κ1) is 10.9. The van der Waals surface area contributed by atoms with Crippen molar-refractivity contribution in [3.05, 3.63) is 34.0 Å². The minimum atomic E-state index is -0.345. The molecule has 0 saturated heterocycles. The van der Waals surface area contributed by atoms with E-state index in [4.69, 9.17) is 16.1 Å². The zero-order chi connectivity index (χ0) is 11.7. The molecule has 0 saturated carbocycles. The Balaban J connectivity index is 2.47. The Kier molecular flexibility index (Phi) is 2.78. The molecule has 2 aromatic rings. The molecule has 2 aromatic heterocycles. The fraction of sp³-hybridized carbons (Fsp3) is 0.300. The maximum Gasteiger partial charge on any atom is 0.263 e. The Morgan fingerprint density at radius 1 is 1.56 bits per heavy atom. The summed E-state index contributed by atoms with van der Waals surface area (Å²) in [6, 6.07) is 1.48. The summed E-state index contributed by atoms with van der Waals surface area (Å²) < 4.78 is 4.97. The van der Waals surface area contributed by atoms with Gasteiger partial charge in [-0.15, -0.1) is 11.6 Å². The lowest BCUT2D eigenvalue weighted by atomic mass is 10.2. The van der Waals surface area contributed by atoms with Crippen LogP contribution in [0.1, 0.15) is 23.8 Å². The molecule has 84 valence electrons. The van der Waals surface area contributed by atoms with Crippen molar-refractivity contribution < 1.29 is 4.52 Å². The van der Waals surface area contributed by atoms with Crippen LogP contribution in [0.25, 0.3) is 11.5 Å². The molecule has 0 aliphatic rings. The third-order valence-electron chi connectivity index (χ3n) is 2.09. The van der Waals surface area contributed by atoms with Crippen LogP contribution in [0.3, 0.4) is 0 Å². The van der Waals surface area contributed by atoms with Gasteiger partial charge in [-0.2, -0.15) is 4.98 Å². The van der Waals surface area contributed by atoms with Gasteiger partial charge in [0.15, 0.2) is 11.3 Å². The van der Waals surface area contributed by atoms with Crippen LogP contribution in [-0.2, 0) is 0 Å². The lowest BCUT2D eigenvalue weighted by molar-refractivity contribution is 0.422. The van der Waals surface area contributed by atoms with E-state index in [0.717, 1.165) is 5.69 Å². The third-order valence-corrected chi connectivity index (χ3v) is 2.28. The van der Waals surface area contributed by atoms with Crippen LogP contribution in [0, 0.1) is 6.92 Å². The van der Waals surface area contributed by atoms with Gasteiger partial charge in [0.05, 0.1) is 5.38 Å².